The van der Waals surface area contributed by atoms with Gasteiger partial charge in [-0.15, -0.1) is 11.3 Å². The Morgan fingerprint density at radius 3 is 3.00 bits per heavy atom. The smallest absolute Gasteiger partial charge is 0.271 e. The van der Waals surface area contributed by atoms with Crippen molar-refractivity contribution in [3.63, 3.8) is 0 Å². The van der Waals surface area contributed by atoms with Gasteiger partial charge < -0.3 is 16.0 Å². The quantitative estimate of drug-likeness (QED) is 0.835. The Balaban J connectivity index is 1.70. The number of nitrogens with one attached hydrogen (secondary N) is 1. The Hall–Kier alpha value is -1.96. The molecular weight excluding hydrogens is 360 g/mol. The van der Waals surface area contributed by atoms with E-state index in [1.807, 2.05) is 18.2 Å². The SMILES string of the molecule is NCCc1nc(C(=O)NC2CCCN(c3ccccc3Cl)C2=O)cs1. The average molecular weight is 379 g/mol. The third kappa shape index (κ3) is 4.00. The zero-order valence-electron chi connectivity index (χ0n) is 13.6. The number of carbonyl (C=O) groups excluding carboxylic acids is 2. The number of hydrogen-bond donors (Lipinski definition) is 2. The monoisotopic (exact) mass is 378 g/mol. The summed E-state index contributed by atoms with van der Waals surface area (Å²) in [6.07, 6.45) is 2.03. The fourth-order valence-corrected chi connectivity index (χ4v) is 3.84. The van der Waals surface area contributed by atoms with Crippen LogP contribution in [0.3, 0.4) is 0 Å². The Bertz CT molecular complexity index is 780. The number of aromatic nitrogens is 1. The highest BCUT2D eigenvalue weighted by Gasteiger charge is 2.32. The van der Waals surface area contributed by atoms with Gasteiger partial charge in [-0.05, 0) is 31.5 Å². The van der Waals surface area contributed by atoms with Crippen molar-refractivity contribution >= 4 is 40.4 Å². The summed E-state index contributed by atoms with van der Waals surface area (Å²) in [4.78, 5) is 31.1. The Morgan fingerprint density at radius 1 is 1.44 bits per heavy atom. The topological polar surface area (TPSA) is 88.3 Å². The van der Waals surface area contributed by atoms with Crippen LogP contribution < -0.4 is 16.0 Å². The summed E-state index contributed by atoms with van der Waals surface area (Å²) in [6.45, 7) is 1.08. The second-order valence-corrected chi connectivity index (χ2v) is 7.12. The molecule has 0 saturated carbocycles. The summed E-state index contributed by atoms with van der Waals surface area (Å²) in [5.74, 6) is -0.482. The number of thiazole rings is 1. The van der Waals surface area contributed by atoms with Gasteiger partial charge in [-0.2, -0.15) is 0 Å². The summed E-state index contributed by atoms with van der Waals surface area (Å²) in [5.41, 5.74) is 6.50. The minimum atomic E-state index is -0.572. The highest BCUT2D eigenvalue weighted by molar-refractivity contribution is 7.09. The first-order valence-corrected chi connectivity index (χ1v) is 9.37. The van der Waals surface area contributed by atoms with Crippen molar-refractivity contribution in [2.24, 2.45) is 5.73 Å². The predicted molar refractivity (Wildman–Crippen MR) is 99.2 cm³/mol. The van der Waals surface area contributed by atoms with Crippen LogP contribution in [0.15, 0.2) is 29.6 Å². The number of hydrogen-bond acceptors (Lipinski definition) is 5. The minimum Gasteiger partial charge on any atom is -0.339 e. The summed E-state index contributed by atoms with van der Waals surface area (Å²) in [7, 11) is 0. The normalized spacial score (nSPS) is 17.6. The Kier molecular flexibility index (Phi) is 5.67. The molecule has 1 aromatic carbocycles. The lowest BCUT2D eigenvalue weighted by Gasteiger charge is -2.33. The summed E-state index contributed by atoms with van der Waals surface area (Å²) >= 11 is 7.60. The summed E-state index contributed by atoms with van der Waals surface area (Å²) < 4.78 is 0. The number of piperidine rings is 1. The van der Waals surface area contributed by atoms with Gasteiger partial charge in [0.1, 0.15) is 11.7 Å². The Labute approximate surface area is 155 Å². The van der Waals surface area contributed by atoms with Crippen LogP contribution in [0.4, 0.5) is 5.69 Å². The van der Waals surface area contributed by atoms with Crippen molar-refractivity contribution in [2.45, 2.75) is 25.3 Å². The first kappa shape index (κ1) is 17.8. The molecule has 8 heteroatoms. The predicted octanol–water partition coefficient (Wildman–Crippen LogP) is 2.22. The van der Waals surface area contributed by atoms with Gasteiger partial charge in [0.25, 0.3) is 5.91 Å². The van der Waals surface area contributed by atoms with Gasteiger partial charge in [0.15, 0.2) is 0 Å². The van der Waals surface area contributed by atoms with Gasteiger partial charge in [-0.3, -0.25) is 9.59 Å². The highest BCUT2D eigenvalue weighted by atomic mass is 35.5. The van der Waals surface area contributed by atoms with E-state index in [9.17, 15) is 9.59 Å². The number of amides is 2. The lowest BCUT2D eigenvalue weighted by Crippen LogP contribution is -2.52. The van der Waals surface area contributed by atoms with Crippen LogP contribution in [-0.2, 0) is 11.2 Å². The van der Waals surface area contributed by atoms with E-state index >= 15 is 0 Å². The molecule has 1 aliphatic rings. The summed E-state index contributed by atoms with van der Waals surface area (Å²) in [5, 5.41) is 5.83. The molecule has 1 saturated heterocycles. The van der Waals surface area contributed by atoms with E-state index in [-0.39, 0.29) is 11.8 Å². The van der Waals surface area contributed by atoms with Crippen LogP contribution >= 0.6 is 22.9 Å². The van der Waals surface area contributed by atoms with Gasteiger partial charge in [0.2, 0.25) is 5.91 Å². The van der Waals surface area contributed by atoms with Crippen molar-refractivity contribution in [1.29, 1.82) is 0 Å². The fourth-order valence-electron chi connectivity index (χ4n) is 2.80. The second-order valence-electron chi connectivity index (χ2n) is 5.77. The number of rotatable bonds is 5. The van der Waals surface area contributed by atoms with Crippen LogP contribution in [0.25, 0.3) is 0 Å². The van der Waals surface area contributed by atoms with Crippen LogP contribution in [0, 0.1) is 0 Å². The van der Waals surface area contributed by atoms with Crippen molar-refractivity contribution in [3.8, 4) is 0 Å². The van der Waals surface area contributed by atoms with E-state index in [2.05, 4.69) is 10.3 Å². The third-order valence-corrected chi connectivity index (χ3v) is 5.26. The van der Waals surface area contributed by atoms with E-state index in [1.54, 1.807) is 16.3 Å². The molecule has 25 heavy (non-hydrogen) atoms. The number of carbonyl (C=O) groups is 2. The molecule has 1 unspecified atom stereocenters. The lowest BCUT2D eigenvalue weighted by atomic mass is 10.0. The van der Waals surface area contributed by atoms with Gasteiger partial charge in [0, 0.05) is 18.3 Å². The molecule has 2 heterocycles. The number of anilines is 1. The molecule has 3 rings (SSSR count). The van der Waals surface area contributed by atoms with Gasteiger partial charge in [-0.1, -0.05) is 23.7 Å². The zero-order chi connectivity index (χ0) is 17.8. The van der Waals surface area contributed by atoms with Gasteiger partial charge >= 0.3 is 0 Å². The number of benzene rings is 1. The molecule has 0 bridgehead atoms. The molecule has 1 aromatic heterocycles. The lowest BCUT2D eigenvalue weighted by molar-refractivity contribution is -0.121. The molecule has 2 amide bonds. The number of halogens is 1. The van der Waals surface area contributed by atoms with Crippen molar-refractivity contribution < 1.29 is 9.59 Å². The minimum absolute atomic E-state index is 0.148. The van der Waals surface area contributed by atoms with Gasteiger partial charge in [-0.25, -0.2) is 4.98 Å². The molecule has 1 atom stereocenters. The molecule has 1 aliphatic heterocycles. The van der Waals surface area contributed by atoms with Crippen molar-refractivity contribution in [1.82, 2.24) is 10.3 Å². The second kappa shape index (κ2) is 7.95. The largest absolute Gasteiger partial charge is 0.339 e. The molecule has 1 fully saturated rings. The highest BCUT2D eigenvalue weighted by Crippen LogP contribution is 2.28. The number of nitrogens with zero attached hydrogens (tertiary/aromatic N) is 2. The Morgan fingerprint density at radius 2 is 2.24 bits per heavy atom. The van der Waals surface area contributed by atoms with Crippen LogP contribution in [0.2, 0.25) is 5.02 Å². The molecule has 132 valence electrons. The molecule has 0 aliphatic carbocycles. The van der Waals surface area contributed by atoms with Crippen LogP contribution in [0.1, 0.15) is 28.3 Å². The van der Waals surface area contributed by atoms with Crippen LogP contribution in [0.5, 0.6) is 0 Å². The molecule has 3 N–H and O–H groups in total. The zero-order valence-corrected chi connectivity index (χ0v) is 15.1. The number of para-hydroxylation sites is 1. The van der Waals surface area contributed by atoms with E-state index in [0.29, 0.717) is 42.3 Å². The maximum absolute atomic E-state index is 12.8. The first-order valence-electron chi connectivity index (χ1n) is 8.11. The van der Waals surface area contributed by atoms with Gasteiger partial charge in [0.05, 0.1) is 15.7 Å². The molecular formula is C17H19ClN4O2S. The summed E-state index contributed by atoms with van der Waals surface area (Å²) in [6, 6.07) is 6.65. The van der Waals surface area contributed by atoms with E-state index in [4.69, 9.17) is 17.3 Å². The van der Waals surface area contributed by atoms with Crippen molar-refractivity contribution in [2.75, 3.05) is 18.0 Å². The molecule has 2 aromatic rings. The third-order valence-electron chi connectivity index (χ3n) is 4.03. The van der Waals surface area contributed by atoms with Crippen molar-refractivity contribution in [3.05, 3.63) is 45.4 Å². The van der Waals surface area contributed by atoms with Crippen LogP contribution in [-0.4, -0.2) is 35.9 Å². The van der Waals surface area contributed by atoms with E-state index in [1.165, 1.54) is 11.3 Å². The first-order chi connectivity index (χ1) is 12.1. The average Bonchev–Trinajstić information content (AvgIpc) is 3.07. The molecule has 0 spiro atoms. The van der Waals surface area contributed by atoms with E-state index in [0.717, 1.165) is 11.4 Å². The molecule has 0 radical (unpaired) electrons. The standard InChI is InChI=1S/C17H19ClN4O2S/c18-11-4-1-2-6-14(11)22-9-3-5-12(17(22)24)21-16(23)13-10-25-15(20-13)7-8-19/h1-2,4,6,10,12H,3,5,7-9,19H2,(H,21,23). The molecule has 6 nitrogen and oxygen atoms in total. The van der Waals surface area contributed by atoms with E-state index < -0.39 is 6.04 Å². The fraction of sp³-hybridized carbons (Fsp3) is 0.353. The maximum Gasteiger partial charge on any atom is 0.271 e. The maximum atomic E-state index is 12.8. The number of nitrogens with two attached hydrogens (primary N) is 1.